The molecule has 16 heavy (non-hydrogen) atoms. The topological polar surface area (TPSA) is 40.5 Å². The van der Waals surface area contributed by atoms with E-state index in [1.807, 2.05) is 31.2 Å². The molecular formula is C13H17NO2. The highest BCUT2D eigenvalue weighted by molar-refractivity contribution is 5.79. The minimum atomic E-state index is -0.332. The second-order valence-electron chi connectivity index (χ2n) is 4.44. The average molecular weight is 219 g/mol. The van der Waals surface area contributed by atoms with Crippen LogP contribution in [0.1, 0.15) is 17.5 Å². The van der Waals surface area contributed by atoms with E-state index in [1.165, 1.54) is 5.56 Å². The Morgan fingerprint density at radius 3 is 2.69 bits per heavy atom. The minimum Gasteiger partial charge on any atom is -0.391 e. The molecule has 1 heterocycles. The van der Waals surface area contributed by atoms with Crippen molar-refractivity contribution >= 4 is 5.91 Å². The predicted octanol–water partition coefficient (Wildman–Crippen LogP) is 1.13. The van der Waals surface area contributed by atoms with Gasteiger partial charge >= 0.3 is 0 Å². The molecule has 3 nitrogen and oxygen atoms in total. The van der Waals surface area contributed by atoms with E-state index in [4.69, 9.17) is 0 Å². The summed E-state index contributed by atoms with van der Waals surface area (Å²) >= 11 is 0. The van der Waals surface area contributed by atoms with E-state index < -0.39 is 0 Å². The summed E-state index contributed by atoms with van der Waals surface area (Å²) in [4.78, 5) is 13.6. The monoisotopic (exact) mass is 219 g/mol. The van der Waals surface area contributed by atoms with Crippen molar-refractivity contribution in [3.05, 3.63) is 35.4 Å². The lowest BCUT2D eigenvalue weighted by molar-refractivity contribution is -0.129. The number of hydrogen-bond donors (Lipinski definition) is 1. The number of hydrogen-bond acceptors (Lipinski definition) is 2. The lowest BCUT2D eigenvalue weighted by atomic mass is 10.1. The van der Waals surface area contributed by atoms with E-state index >= 15 is 0 Å². The van der Waals surface area contributed by atoms with Crippen molar-refractivity contribution in [3.63, 3.8) is 0 Å². The third kappa shape index (κ3) is 2.61. The molecule has 1 aromatic carbocycles. The lowest BCUT2D eigenvalue weighted by Crippen LogP contribution is -2.30. The number of aliphatic hydroxyl groups excluding tert-OH is 1. The van der Waals surface area contributed by atoms with Gasteiger partial charge in [0.25, 0.3) is 0 Å². The van der Waals surface area contributed by atoms with E-state index in [-0.39, 0.29) is 12.0 Å². The summed E-state index contributed by atoms with van der Waals surface area (Å²) in [7, 11) is 0. The fraction of sp³-hybridized carbons (Fsp3) is 0.462. The maximum absolute atomic E-state index is 11.9. The normalized spacial score (nSPS) is 20.1. The molecule has 1 N–H and O–H groups in total. The summed E-state index contributed by atoms with van der Waals surface area (Å²) in [6.07, 6.45) is 0.814. The van der Waals surface area contributed by atoms with Crippen molar-refractivity contribution in [1.82, 2.24) is 4.90 Å². The number of nitrogens with zero attached hydrogens (tertiary/aromatic N) is 1. The second kappa shape index (κ2) is 4.66. The van der Waals surface area contributed by atoms with Crippen LogP contribution in [0.15, 0.2) is 24.3 Å². The second-order valence-corrected chi connectivity index (χ2v) is 4.44. The summed E-state index contributed by atoms with van der Waals surface area (Å²) in [5, 5.41) is 9.36. The molecule has 3 heteroatoms. The van der Waals surface area contributed by atoms with Crippen LogP contribution < -0.4 is 0 Å². The zero-order valence-corrected chi connectivity index (χ0v) is 9.52. The van der Waals surface area contributed by atoms with Crippen LogP contribution in [0, 0.1) is 6.92 Å². The number of benzene rings is 1. The number of aryl methyl sites for hydroxylation is 1. The first-order valence-electron chi connectivity index (χ1n) is 5.66. The number of rotatable bonds is 2. The molecule has 0 bridgehead atoms. The molecule has 86 valence electrons. The van der Waals surface area contributed by atoms with E-state index in [0.717, 1.165) is 5.56 Å². The van der Waals surface area contributed by atoms with Crippen LogP contribution in [0.4, 0.5) is 0 Å². The lowest BCUT2D eigenvalue weighted by Gasteiger charge is -2.15. The number of aliphatic hydroxyl groups is 1. The summed E-state index contributed by atoms with van der Waals surface area (Å²) in [5.41, 5.74) is 2.24. The molecule has 1 atom stereocenters. The molecule has 1 aromatic rings. The van der Waals surface area contributed by atoms with Crippen LogP contribution in [0.25, 0.3) is 0 Å². The van der Waals surface area contributed by atoms with Crippen LogP contribution in [0.5, 0.6) is 0 Å². The zero-order chi connectivity index (χ0) is 11.5. The van der Waals surface area contributed by atoms with Gasteiger partial charge in [0.05, 0.1) is 12.5 Å². The molecule has 0 unspecified atom stereocenters. The quantitative estimate of drug-likeness (QED) is 0.810. The zero-order valence-electron chi connectivity index (χ0n) is 9.52. The first kappa shape index (κ1) is 11.1. The highest BCUT2D eigenvalue weighted by Crippen LogP contribution is 2.12. The summed E-state index contributed by atoms with van der Waals surface area (Å²) in [5.74, 6) is 0.111. The number of carbonyl (C=O) groups excluding carboxylic acids is 1. The summed E-state index contributed by atoms with van der Waals surface area (Å²) < 4.78 is 0. The number of carbonyl (C=O) groups is 1. The third-order valence-corrected chi connectivity index (χ3v) is 2.99. The van der Waals surface area contributed by atoms with Gasteiger partial charge in [0.2, 0.25) is 5.91 Å². The Bertz CT molecular complexity index is 372. The molecule has 1 amide bonds. The number of amides is 1. The van der Waals surface area contributed by atoms with Crippen molar-refractivity contribution in [2.24, 2.45) is 0 Å². The Labute approximate surface area is 95.7 Å². The largest absolute Gasteiger partial charge is 0.391 e. The first-order valence-corrected chi connectivity index (χ1v) is 5.66. The molecule has 2 rings (SSSR count). The Balaban J connectivity index is 1.94. The van der Waals surface area contributed by atoms with Gasteiger partial charge in [-0.3, -0.25) is 4.79 Å². The highest BCUT2D eigenvalue weighted by atomic mass is 16.3. The van der Waals surface area contributed by atoms with Crippen LogP contribution in [-0.2, 0) is 11.2 Å². The van der Waals surface area contributed by atoms with Crippen molar-refractivity contribution < 1.29 is 9.90 Å². The van der Waals surface area contributed by atoms with Crippen molar-refractivity contribution in [1.29, 1.82) is 0 Å². The Morgan fingerprint density at radius 1 is 1.44 bits per heavy atom. The first-order chi connectivity index (χ1) is 7.65. The summed E-state index contributed by atoms with van der Waals surface area (Å²) in [6.45, 7) is 3.21. The van der Waals surface area contributed by atoms with Crippen LogP contribution in [0.3, 0.4) is 0 Å². The molecule has 1 aliphatic rings. The average Bonchev–Trinajstić information content (AvgIpc) is 2.68. The van der Waals surface area contributed by atoms with Crippen LogP contribution in [0.2, 0.25) is 0 Å². The van der Waals surface area contributed by atoms with Gasteiger partial charge in [-0.2, -0.15) is 0 Å². The van der Waals surface area contributed by atoms with Crippen molar-refractivity contribution in [2.75, 3.05) is 13.1 Å². The van der Waals surface area contributed by atoms with Crippen LogP contribution >= 0.6 is 0 Å². The highest BCUT2D eigenvalue weighted by Gasteiger charge is 2.24. The van der Waals surface area contributed by atoms with Gasteiger partial charge in [0.15, 0.2) is 0 Å². The minimum absolute atomic E-state index is 0.111. The Kier molecular flexibility index (Phi) is 3.25. The van der Waals surface area contributed by atoms with Gasteiger partial charge in [-0.05, 0) is 18.9 Å². The maximum Gasteiger partial charge on any atom is 0.227 e. The number of likely N-dealkylation sites (tertiary alicyclic amines) is 1. The van der Waals surface area contributed by atoms with E-state index in [1.54, 1.807) is 4.90 Å². The van der Waals surface area contributed by atoms with Crippen molar-refractivity contribution in [2.45, 2.75) is 25.9 Å². The fourth-order valence-corrected chi connectivity index (χ4v) is 1.96. The third-order valence-electron chi connectivity index (χ3n) is 2.99. The van der Waals surface area contributed by atoms with Gasteiger partial charge < -0.3 is 10.0 Å². The van der Waals surface area contributed by atoms with E-state index in [2.05, 4.69) is 0 Å². The number of β-amino-alcohol motifs (C(OH)–C–C–N with tert-alkyl or cyclic N) is 1. The Hall–Kier alpha value is -1.35. The van der Waals surface area contributed by atoms with Gasteiger partial charge in [0, 0.05) is 13.1 Å². The molecule has 1 saturated heterocycles. The standard InChI is InChI=1S/C13H17NO2/c1-10-2-4-11(5-3-10)8-13(16)14-7-6-12(15)9-14/h2-5,12,15H,6-9H2,1H3/t12-/m1/s1. The van der Waals surface area contributed by atoms with E-state index in [0.29, 0.717) is 25.9 Å². The molecule has 1 fully saturated rings. The molecule has 0 aromatic heterocycles. The van der Waals surface area contributed by atoms with Gasteiger partial charge in [0.1, 0.15) is 0 Å². The van der Waals surface area contributed by atoms with Crippen LogP contribution in [-0.4, -0.2) is 35.1 Å². The predicted molar refractivity (Wildman–Crippen MR) is 62.1 cm³/mol. The van der Waals surface area contributed by atoms with Gasteiger partial charge in [-0.25, -0.2) is 0 Å². The molecule has 1 aliphatic heterocycles. The van der Waals surface area contributed by atoms with E-state index in [9.17, 15) is 9.90 Å². The smallest absolute Gasteiger partial charge is 0.227 e. The molecule has 0 radical (unpaired) electrons. The molecule has 0 aliphatic carbocycles. The maximum atomic E-state index is 11.9. The van der Waals surface area contributed by atoms with Gasteiger partial charge in [-0.15, -0.1) is 0 Å². The SMILES string of the molecule is Cc1ccc(CC(=O)N2CC[C@@H](O)C2)cc1. The molecular weight excluding hydrogens is 202 g/mol. The Morgan fingerprint density at radius 2 is 2.12 bits per heavy atom. The van der Waals surface area contributed by atoms with Gasteiger partial charge in [-0.1, -0.05) is 29.8 Å². The summed E-state index contributed by atoms with van der Waals surface area (Å²) in [6, 6.07) is 8.00. The molecule has 0 saturated carbocycles. The fourth-order valence-electron chi connectivity index (χ4n) is 1.96. The molecule has 0 spiro atoms. The van der Waals surface area contributed by atoms with Crippen molar-refractivity contribution in [3.8, 4) is 0 Å².